The van der Waals surface area contributed by atoms with E-state index in [9.17, 15) is 8.42 Å². The molecule has 19 heavy (non-hydrogen) atoms. The normalized spacial score (nSPS) is 11.8. The van der Waals surface area contributed by atoms with Gasteiger partial charge in [0.05, 0.1) is 15.5 Å². The minimum Gasteiger partial charge on any atom is -0.491 e. The highest BCUT2D eigenvalue weighted by Crippen LogP contribution is 2.29. The van der Waals surface area contributed by atoms with Crippen LogP contribution in [0.5, 0.6) is 5.75 Å². The first-order chi connectivity index (χ1) is 8.88. The zero-order valence-corrected chi connectivity index (χ0v) is 13.8. The van der Waals surface area contributed by atoms with Crippen LogP contribution in [0.15, 0.2) is 22.7 Å². The van der Waals surface area contributed by atoms with Gasteiger partial charge in [-0.05, 0) is 42.9 Å². The quantitative estimate of drug-likeness (QED) is 0.820. The molecule has 0 bridgehead atoms. The van der Waals surface area contributed by atoms with E-state index in [-0.39, 0.29) is 17.6 Å². The first-order valence-electron chi connectivity index (χ1n) is 6.15. The molecule has 4 nitrogen and oxygen atoms in total. The van der Waals surface area contributed by atoms with Gasteiger partial charge in [-0.15, -0.1) is 0 Å². The summed E-state index contributed by atoms with van der Waals surface area (Å²) in [6.45, 7) is 4.20. The zero-order chi connectivity index (χ0) is 14.5. The van der Waals surface area contributed by atoms with E-state index < -0.39 is 9.84 Å². The molecular formula is C13H20BrNO3S. The topological polar surface area (TPSA) is 55.4 Å². The van der Waals surface area contributed by atoms with Crippen molar-refractivity contribution in [2.75, 3.05) is 19.4 Å². The molecule has 0 amide bonds. The fourth-order valence-corrected chi connectivity index (χ4v) is 2.85. The van der Waals surface area contributed by atoms with Crippen LogP contribution in [0.3, 0.4) is 0 Å². The Balaban J connectivity index is 2.73. The first-order valence-corrected chi connectivity index (χ1v) is 8.65. The van der Waals surface area contributed by atoms with Crippen molar-refractivity contribution in [3.8, 4) is 5.75 Å². The van der Waals surface area contributed by atoms with Gasteiger partial charge < -0.3 is 10.1 Å². The summed E-state index contributed by atoms with van der Waals surface area (Å²) in [6.07, 6.45) is 0. The lowest BCUT2D eigenvalue weighted by Crippen LogP contribution is -2.22. The van der Waals surface area contributed by atoms with E-state index in [1.807, 2.05) is 25.2 Å². The number of rotatable bonds is 7. The summed E-state index contributed by atoms with van der Waals surface area (Å²) in [5.74, 6) is 0.737. The van der Waals surface area contributed by atoms with Crippen LogP contribution in [0.1, 0.15) is 19.4 Å². The fraction of sp³-hybridized carbons (Fsp3) is 0.538. The highest BCUT2D eigenvalue weighted by atomic mass is 79.9. The Labute approximate surface area is 123 Å². The number of benzene rings is 1. The second-order valence-corrected chi connectivity index (χ2v) is 8.05. The van der Waals surface area contributed by atoms with Crippen LogP contribution < -0.4 is 10.1 Å². The third kappa shape index (κ3) is 4.78. The monoisotopic (exact) mass is 349 g/mol. The van der Waals surface area contributed by atoms with Gasteiger partial charge in [-0.25, -0.2) is 8.42 Å². The van der Waals surface area contributed by atoms with Crippen molar-refractivity contribution in [1.82, 2.24) is 5.32 Å². The van der Waals surface area contributed by atoms with E-state index in [0.717, 1.165) is 10.0 Å². The van der Waals surface area contributed by atoms with Gasteiger partial charge in [-0.1, -0.05) is 12.1 Å². The molecule has 1 aromatic rings. The maximum Gasteiger partial charge on any atom is 0.155 e. The number of ether oxygens (including phenoxy) is 1. The molecule has 0 unspecified atom stereocenters. The van der Waals surface area contributed by atoms with Crippen LogP contribution in [0, 0.1) is 0 Å². The molecule has 0 fully saturated rings. The Morgan fingerprint density at radius 3 is 2.63 bits per heavy atom. The summed E-state index contributed by atoms with van der Waals surface area (Å²) < 4.78 is 29.9. The number of hydrogen-bond acceptors (Lipinski definition) is 4. The van der Waals surface area contributed by atoms with Gasteiger partial charge in [0.2, 0.25) is 0 Å². The second kappa shape index (κ2) is 7.26. The van der Waals surface area contributed by atoms with Crippen molar-refractivity contribution in [1.29, 1.82) is 0 Å². The molecule has 1 aromatic carbocycles. The molecule has 0 saturated heterocycles. The van der Waals surface area contributed by atoms with E-state index >= 15 is 0 Å². The SMILES string of the molecule is CNCc1cccc(Br)c1OCCS(=O)(=O)C(C)C. The van der Waals surface area contributed by atoms with Crippen LogP contribution in [0.4, 0.5) is 0 Å². The summed E-state index contributed by atoms with van der Waals surface area (Å²) in [5.41, 5.74) is 0.999. The molecule has 0 heterocycles. The van der Waals surface area contributed by atoms with Crippen LogP contribution in [-0.4, -0.2) is 33.1 Å². The van der Waals surface area contributed by atoms with E-state index in [1.165, 1.54) is 0 Å². The van der Waals surface area contributed by atoms with Gasteiger partial charge in [-0.3, -0.25) is 0 Å². The maximum absolute atomic E-state index is 11.7. The summed E-state index contributed by atoms with van der Waals surface area (Å²) in [6, 6.07) is 5.76. The Morgan fingerprint density at radius 2 is 2.05 bits per heavy atom. The van der Waals surface area contributed by atoms with E-state index in [2.05, 4.69) is 21.2 Å². The van der Waals surface area contributed by atoms with E-state index in [1.54, 1.807) is 13.8 Å². The predicted molar refractivity (Wildman–Crippen MR) is 81.3 cm³/mol. The molecule has 1 rings (SSSR count). The molecule has 0 aliphatic heterocycles. The van der Waals surface area contributed by atoms with Gasteiger partial charge >= 0.3 is 0 Å². The van der Waals surface area contributed by atoms with Crippen LogP contribution in [-0.2, 0) is 16.4 Å². The van der Waals surface area contributed by atoms with Crippen LogP contribution in [0.25, 0.3) is 0 Å². The molecule has 0 aliphatic rings. The van der Waals surface area contributed by atoms with Gasteiger partial charge in [0.15, 0.2) is 9.84 Å². The Kier molecular flexibility index (Phi) is 6.29. The number of nitrogens with one attached hydrogen (secondary N) is 1. The number of para-hydroxylation sites is 1. The molecule has 0 aliphatic carbocycles. The molecule has 0 saturated carbocycles. The van der Waals surface area contributed by atoms with Crippen molar-refractivity contribution in [2.45, 2.75) is 25.6 Å². The molecular weight excluding hydrogens is 330 g/mol. The lowest BCUT2D eigenvalue weighted by atomic mass is 10.2. The molecule has 0 radical (unpaired) electrons. The van der Waals surface area contributed by atoms with E-state index in [4.69, 9.17) is 4.74 Å². The minimum absolute atomic E-state index is 0.0327. The lowest BCUT2D eigenvalue weighted by molar-refractivity contribution is 0.334. The Bertz CT molecular complexity index is 515. The third-order valence-corrected chi connectivity index (χ3v) is 5.54. The molecule has 108 valence electrons. The summed E-state index contributed by atoms with van der Waals surface area (Å²) in [4.78, 5) is 0. The first kappa shape index (κ1) is 16.5. The van der Waals surface area contributed by atoms with Crippen molar-refractivity contribution in [3.05, 3.63) is 28.2 Å². The van der Waals surface area contributed by atoms with Crippen molar-refractivity contribution < 1.29 is 13.2 Å². The fourth-order valence-electron chi connectivity index (χ4n) is 1.54. The third-order valence-electron chi connectivity index (χ3n) is 2.75. The van der Waals surface area contributed by atoms with Gasteiger partial charge in [0.1, 0.15) is 12.4 Å². The predicted octanol–water partition coefficient (Wildman–Crippen LogP) is 2.37. The standard InChI is InChI=1S/C13H20BrNO3S/c1-10(2)19(16,17)8-7-18-13-11(9-15-3)5-4-6-12(13)14/h4-6,10,15H,7-9H2,1-3H3. The molecule has 6 heteroatoms. The molecule has 0 spiro atoms. The van der Waals surface area contributed by atoms with E-state index in [0.29, 0.717) is 12.3 Å². The van der Waals surface area contributed by atoms with Crippen LogP contribution >= 0.6 is 15.9 Å². The molecule has 1 N–H and O–H groups in total. The second-order valence-electron chi connectivity index (χ2n) is 4.52. The highest BCUT2D eigenvalue weighted by molar-refractivity contribution is 9.10. The summed E-state index contributed by atoms with van der Waals surface area (Å²) >= 11 is 3.42. The van der Waals surface area contributed by atoms with Gasteiger partial charge in [-0.2, -0.15) is 0 Å². The van der Waals surface area contributed by atoms with Gasteiger partial charge in [0, 0.05) is 12.1 Å². The van der Waals surface area contributed by atoms with Crippen molar-refractivity contribution in [2.24, 2.45) is 0 Å². The summed E-state index contributed by atoms with van der Waals surface area (Å²) in [5, 5.41) is 2.69. The average molecular weight is 350 g/mol. The lowest BCUT2D eigenvalue weighted by Gasteiger charge is -2.14. The summed E-state index contributed by atoms with van der Waals surface area (Å²) in [7, 11) is -1.21. The molecule has 0 aromatic heterocycles. The smallest absolute Gasteiger partial charge is 0.155 e. The molecule has 0 atom stereocenters. The largest absolute Gasteiger partial charge is 0.491 e. The minimum atomic E-state index is -3.06. The number of hydrogen-bond donors (Lipinski definition) is 1. The maximum atomic E-state index is 11.7. The highest BCUT2D eigenvalue weighted by Gasteiger charge is 2.16. The van der Waals surface area contributed by atoms with Crippen molar-refractivity contribution in [3.63, 3.8) is 0 Å². The zero-order valence-electron chi connectivity index (χ0n) is 11.4. The Hall–Kier alpha value is -0.590. The number of sulfone groups is 1. The number of halogens is 1. The average Bonchev–Trinajstić information content (AvgIpc) is 2.32. The Morgan fingerprint density at radius 1 is 1.37 bits per heavy atom. The van der Waals surface area contributed by atoms with Crippen molar-refractivity contribution >= 4 is 25.8 Å². The van der Waals surface area contributed by atoms with Gasteiger partial charge in [0.25, 0.3) is 0 Å². The van der Waals surface area contributed by atoms with Crippen LogP contribution in [0.2, 0.25) is 0 Å².